The van der Waals surface area contributed by atoms with Crippen LogP contribution in [0.25, 0.3) is 30.9 Å². The second kappa shape index (κ2) is 5.50. The van der Waals surface area contributed by atoms with Gasteiger partial charge in [-0.3, -0.25) is 0 Å². The first-order valence-electron chi connectivity index (χ1n) is 8.12. The lowest BCUT2D eigenvalue weighted by Crippen LogP contribution is -2.11. The van der Waals surface area contributed by atoms with Crippen LogP contribution in [-0.2, 0) is 5.41 Å². The second-order valence-electron chi connectivity index (χ2n) is 7.10. The average Bonchev–Trinajstić information content (AvgIpc) is 2.94. The maximum absolute atomic E-state index is 9.29. The van der Waals surface area contributed by atoms with Gasteiger partial charge < -0.3 is 9.68 Å². The van der Waals surface area contributed by atoms with Crippen molar-refractivity contribution < 1.29 is 9.68 Å². The summed E-state index contributed by atoms with van der Waals surface area (Å²) in [7, 11) is -0.312. The molecule has 4 heteroatoms. The van der Waals surface area contributed by atoms with Gasteiger partial charge in [-0.05, 0) is 33.9 Å². The van der Waals surface area contributed by atoms with Gasteiger partial charge in [0.05, 0.1) is 4.70 Å². The van der Waals surface area contributed by atoms with Crippen LogP contribution in [-0.4, -0.2) is 12.7 Å². The molecule has 0 amide bonds. The van der Waals surface area contributed by atoms with E-state index in [1.54, 1.807) is 11.3 Å². The molecular weight excluding hydrogens is 315 g/mol. The zero-order chi connectivity index (χ0) is 16.9. The highest BCUT2D eigenvalue weighted by Gasteiger charge is 2.22. The summed E-state index contributed by atoms with van der Waals surface area (Å²) in [5.41, 5.74) is 1.40. The van der Waals surface area contributed by atoms with Crippen molar-refractivity contribution in [2.75, 3.05) is 0 Å². The predicted octanol–water partition coefficient (Wildman–Crippen LogP) is 5.14. The monoisotopic (exact) mass is 334 g/mol. The Balaban J connectivity index is 2.28. The van der Waals surface area contributed by atoms with Crippen LogP contribution in [0.2, 0.25) is 0 Å². The highest BCUT2D eigenvalue weighted by Crippen LogP contribution is 2.46. The van der Waals surface area contributed by atoms with Gasteiger partial charge in [-0.15, -0.1) is 11.3 Å². The molecule has 2 nitrogen and oxygen atoms in total. The molecule has 0 aliphatic heterocycles. The quantitative estimate of drug-likeness (QED) is 0.514. The average molecular weight is 334 g/mol. The van der Waals surface area contributed by atoms with E-state index in [4.69, 9.17) is 4.65 Å². The molecule has 0 fully saturated rings. The van der Waals surface area contributed by atoms with Crippen molar-refractivity contribution in [1.82, 2.24) is 0 Å². The molecule has 4 rings (SSSR count). The molecule has 1 heterocycles. The molecule has 24 heavy (non-hydrogen) atoms. The van der Waals surface area contributed by atoms with E-state index in [1.165, 1.54) is 26.4 Å². The second-order valence-corrected chi connectivity index (χ2v) is 8.16. The molecule has 0 aliphatic carbocycles. The number of fused-ring (bicyclic) bond motifs is 5. The first kappa shape index (κ1) is 15.5. The van der Waals surface area contributed by atoms with Crippen LogP contribution in [0.4, 0.5) is 0 Å². The largest absolute Gasteiger partial charge is 0.538 e. The van der Waals surface area contributed by atoms with E-state index in [2.05, 4.69) is 57.2 Å². The fraction of sp³-hybridized carbons (Fsp3) is 0.200. The summed E-state index contributed by atoms with van der Waals surface area (Å²) in [5.74, 6) is 0.757. The number of hydrogen-bond donors (Lipinski definition) is 1. The van der Waals surface area contributed by atoms with Crippen LogP contribution in [0.1, 0.15) is 26.3 Å². The summed E-state index contributed by atoms with van der Waals surface area (Å²) in [6, 6.07) is 16.9. The van der Waals surface area contributed by atoms with Crippen molar-refractivity contribution in [2.45, 2.75) is 26.2 Å². The van der Waals surface area contributed by atoms with Crippen LogP contribution in [0.3, 0.4) is 0 Å². The van der Waals surface area contributed by atoms with Crippen molar-refractivity contribution in [3.05, 3.63) is 54.1 Å². The summed E-state index contributed by atoms with van der Waals surface area (Å²) in [4.78, 5) is 0. The van der Waals surface area contributed by atoms with Gasteiger partial charge in [0.2, 0.25) is 0 Å². The molecule has 0 saturated heterocycles. The topological polar surface area (TPSA) is 29.5 Å². The van der Waals surface area contributed by atoms with E-state index in [1.807, 2.05) is 12.1 Å². The van der Waals surface area contributed by atoms with Crippen LogP contribution in [0.15, 0.2) is 48.5 Å². The van der Waals surface area contributed by atoms with Gasteiger partial charge in [-0.1, -0.05) is 57.2 Å². The lowest BCUT2D eigenvalue weighted by Gasteiger charge is -2.20. The molecule has 3 aromatic carbocycles. The first-order valence-corrected chi connectivity index (χ1v) is 8.93. The van der Waals surface area contributed by atoms with Crippen molar-refractivity contribution >= 4 is 50.0 Å². The zero-order valence-electron chi connectivity index (χ0n) is 14.1. The molecule has 0 spiro atoms. The highest BCUT2D eigenvalue weighted by molar-refractivity contribution is 7.26. The van der Waals surface area contributed by atoms with Crippen molar-refractivity contribution in [1.29, 1.82) is 0 Å². The molecule has 1 aromatic heterocycles. The summed E-state index contributed by atoms with van der Waals surface area (Å²) in [5, 5.41) is 14.2. The van der Waals surface area contributed by atoms with Crippen LogP contribution < -0.4 is 4.65 Å². The Labute approximate surface area is 146 Å². The fourth-order valence-corrected chi connectivity index (χ4v) is 4.65. The van der Waals surface area contributed by atoms with E-state index in [0.717, 1.165) is 15.8 Å². The first-order chi connectivity index (χ1) is 11.5. The van der Waals surface area contributed by atoms with E-state index >= 15 is 0 Å². The third-order valence-corrected chi connectivity index (χ3v) is 5.65. The molecule has 4 aromatic rings. The smallest absolute Gasteiger partial charge is 0.504 e. The third-order valence-electron chi connectivity index (χ3n) is 4.48. The lowest BCUT2D eigenvalue weighted by molar-refractivity contribution is 0.457. The van der Waals surface area contributed by atoms with E-state index in [-0.39, 0.29) is 13.1 Å². The Morgan fingerprint density at radius 2 is 1.79 bits per heavy atom. The molecule has 1 N–H and O–H groups in total. The van der Waals surface area contributed by atoms with Crippen LogP contribution >= 0.6 is 11.3 Å². The van der Waals surface area contributed by atoms with Gasteiger partial charge in [0.15, 0.2) is 0 Å². The van der Waals surface area contributed by atoms with Gasteiger partial charge in [-0.25, -0.2) is 0 Å². The molecule has 0 atom stereocenters. The predicted molar refractivity (Wildman–Crippen MR) is 106 cm³/mol. The lowest BCUT2D eigenvalue weighted by atomic mass is 9.83. The molecule has 0 aliphatic rings. The molecule has 0 bridgehead atoms. The summed E-state index contributed by atoms with van der Waals surface area (Å²) in [6.07, 6.45) is 0. The zero-order valence-corrected chi connectivity index (χ0v) is 14.9. The minimum atomic E-state index is -0.312. The molecule has 0 unspecified atom stereocenters. The number of benzene rings is 3. The summed E-state index contributed by atoms with van der Waals surface area (Å²) in [6.45, 7) is 6.75. The number of rotatable bonds is 2. The Kier molecular flexibility index (Phi) is 3.55. The summed E-state index contributed by atoms with van der Waals surface area (Å²) >= 11 is 1.74. The molecule has 0 saturated carbocycles. The van der Waals surface area contributed by atoms with E-state index in [9.17, 15) is 5.02 Å². The minimum absolute atomic E-state index is 0.0580. The van der Waals surface area contributed by atoms with Crippen molar-refractivity contribution in [3.63, 3.8) is 0 Å². The van der Waals surface area contributed by atoms with Gasteiger partial charge in [0.25, 0.3) is 0 Å². The number of thiophene rings is 1. The van der Waals surface area contributed by atoms with Gasteiger partial charge in [-0.2, -0.15) is 0 Å². The van der Waals surface area contributed by atoms with E-state index < -0.39 is 0 Å². The van der Waals surface area contributed by atoms with Gasteiger partial charge in [0.1, 0.15) is 5.75 Å². The fourth-order valence-electron chi connectivity index (χ4n) is 3.44. The van der Waals surface area contributed by atoms with Crippen molar-refractivity contribution in [3.8, 4) is 5.75 Å². The van der Waals surface area contributed by atoms with E-state index in [0.29, 0.717) is 0 Å². The maximum Gasteiger partial charge on any atom is 0.504 e. The summed E-state index contributed by atoms with van der Waals surface area (Å²) < 4.78 is 7.91. The Bertz CT molecular complexity index is 1060. The minimum Gasteiger partial charge on any atom is -0.538 e. The van der Waals surface area contributed by atoms with Crippen LogP contribution in [0, 0.1) is 0 Å². The molecule has 120 valence electrons. The Morgan fingerprint density at radius 1 is 1.00 bits per heavy atom. The number of hydrogen-bond acceptors (Lipinski definition) is 3. The van der Waals surface area contributed by atoms with Crippen LogP contribution in [0.5, 0.6) is 5.75 Å². The third kappa shape index (κ3) is 2.29. The van der Waals surface area contributed by atoms with Gasteiger partial charge >= 0.3 is 7.69 Å². The van der Waals surface area contributed by atoms with Crippen molar-refractivity contribution in [2.24, 2.45) is 0 Å². The Hall–Kier alpha value is -2.04. The molecule has 0 radical (unpaired) electrons. The normalized spacial score (nSPS) is 12.2. The SMILES string of the molecule is CC(C)(C)c1cccc2sc3c(OBO)cc4ccccc4c3c12. The standard InChI is InChI=1S/C20H19BO2S/c1-20(2,3)14-9-6-10-16-18(14)17-13-8-5-4-7-12(13)11-15(23-21-22)19(17)24-16/h4-11,21-22H,1-3H3. The maximum atomic E-state index is 9.29. The van der Waals surface area contributed by atoms with Gasteiger partial charge in [0, 0.05) is 15.5 Å². The molecular formula is C20H19BO2S. The Morgan fingerprint density at radius 3 is 2.54 bits per heavy atom. The highest BCUT2D eigenvalue weighted by atomic mass is 32.1.